The molecule has 1 aromatic carbocycles. The predicted octanol–water partition coefficient (Wildman–Crippen LogP) is 2.53. The number of anilines is 1. The molecule has 0 saturated heterocycles. The third-order valence-electron chi connectivity index (χ3n) is 3.49. The number of carbonyl (C=O) groups excluding carboxylic acids is 1. The summed E-state index contributed by atoms with van der Waals surface area (Å²) in [5.41, 5.74) is 0.925. The Morgan fingerprint density at radius 2 is 1.92 bits per heavy atom. The minimum atomic E-state index is -1.09. The summed E-state index contributed by atoms with van der Waals surface area (Å²) in [5, 5.41) is 11.6. The van der Waals surface area contributed by atoms with Gasteiger partial charge in [0.2, 0.25) is 5.56 Å². The number of aromatic carboxylic acids is 1. The summed E-state index contributed by atoms with van der Waals surface area (Å²) in [5.74, 6) is -1.01. The Morgan fingerprint density at radius 1 is 1.20 bits per heavy atom. The monoisotopic (exact) mass is 344 g/mol. The molecule has 0 saturated carbocycles. The van der Waals surface area contributed by atoms with Crippen molar-refractivity contribution in [2.45, 2.75) is 20.3 Å². The largest absolute Gasteiger partial charge is 0.495 e. The molecule has 0 unspecified atom stereocenters. The number of H-pyrrole nitrogens is 1. The van der Waals surface area contributed by atoms with E-state index in [1.807, 2.05) is 13.8 Å². The van der Waals surface area contributed by atoms with Gasteiger partial charge in [0.1, 0.15) is 5.75 Å². The van der Waals surface area contributed by atoms with Crippen molar-refractivity contribution in [2.75, 3.05) is 12.4 Å². The smallest absolute Gasteiger partial charge is 0.335 e. The molecule has 0 aliphatic rings. The van der Waals surface area contributed by atoms with Crippen molar-refractivity contribution >= 4 is 17.6 Å². The second-order valence-corrected chi connectivity index (χ2v) is 6.03. The van der Waals surface area contributed by atoms with Gasteiger partial charge in [-0.05, 0) is 36.6 Å². The minimum absolute atomic E-state index is 0.0465. The first kappa shape index (κ1) is 18.3. The fourth-order valence-electron chi connectivity index (χ4n) is 2.40. The van der Waals surface area contributed by atoms with Gasteiger partial charge in [-0.3, -0.25) is 9.59 Å². The van der Waals surface area contributed by atoms with E-state index in [4.69, 9.17) is 9.84 Å². The maximum Gasteiger partial charge on any atom is 0.335 e. The highest BCUT2D eigenvalue weighted by Gasteiger charge is 2.14. The Bertz CT molecular complexity index is 855. The number of nitrogens with one attached hydrogen (secondary N) is 2. The van der Waals surface area contributed by atoms with Crippen LogP contribution in [0.1, 0.15) is 40.3 Å². The van der Waals surface area contributed by atoms with Crippen molar-refractivity contribution in [1.29, 1.82) is 0 Å². The first-order chi connectivity index (χ1) is 11.8. The Balaban J connectivity index is 2.29. The van der Waals surface area contributed by atoms with E-state index in [2.05, 4.69) is 10.3 Å². The molecular weight excluding hydrogens is 324 g/mol. The van der Waals surface area contributed by atoms with Crippen LogP contribution in [0.5, 0.6) is 5.75 Å². The van der Waals surface area contributed by atoms with Gasteiger partial charge in [-0.2, -0.15) is 0 Å². The van der Waals surface area contributed by atoms with Crippen molar-refractivity contribution in [3.8, 4) is 5.75 Å². The van der Waals surface area contributed by atoms with Crippen LogP contribution in [-0.2, 0) is 6.42 Å². The number of amides is 1. The Morgan fingerprint density at radius 3 is 2.52 bits per heavy atom. The fraction of sp³-hybridized carbons (Fsp3) is 0.278. The van der Waals surface area contributed by atoms with Gasteiger partial charge in [0.25, 0.3) is 5.91 Å². The average Bonchev–Trinajstić information content (AvgIpc) is 2.53. The van der Waals surface area contributed by atoms with E-state index in [1.54, 1.807) is 6.07 Å². The average molecular weight is 344 g/mol. The highest BCUT2D eigenvalue weighted by atomic mass is 16.5. The Hall–Kier alpha value is -3.09. The molecule has 1 amide bonds. The van der Waals surface area contributed by atoms with E-state index in [0.29, 0.717) is 23.7 Å². The number of hydrogen-bond acceptors (Lipinski definition) is 4. The van der Waals surface area contributed by atoms with Crippen LogP contribution in [-0.4, -0.2) is 29.1 Å². The van der Waals surface area contributed by atoms with Crippen LogP contribution in [0.2, 0.25) is 0 Å². The van der Waals surface area contributed by atoms with Crippen LogP contribution in [0.3, 0.4) is 0 Å². The molecule has 0 bridgehead atoms. The lowest BCUT2D eigenvalue weighted by molar-refractivity contribution is 0.0696. The zero-order valence-corrected chi connectivity index (χ0v) is 14.3. The standard InChI is InChI=1S/C18H20N2O5/c1-10(2)6-13-7-12(9-16(21)19-13)17(22)20-14-5-4-11(18(23)24)8-15(14)25-3/h4-5,7-10H,6H2,1-3H3,(H,19,21)(H,20,22)(H,23,24). The van der Waals surface area contributed by atoms with Crippen LogP contribution in [0, 0.1) is 5.92 Å². The van der Waals surface area contributed by atoms with Gasteiger partial charge in [-0.25, -0.2) is 4.79 Å². The number of carbonyl (C=O) groups is 2. The lowest BCUT2D eigenvalue weighted by atomic mass is 10.1. The molecule has 0 atom stereocenters. The molecule has 7 heteroatoms. The topological polar surface area (TPSA) is 108 Å². The van der Waals surface area contributed by atoms with E-state index in [-0.39, 0.29) is 22.4 Å². The molecular formula is C18H20N2O5. The summed E-state index contributed by atoms with van der Waals surface area (Å²) in [4.78, 5) is 37.9. The normalized spacial score (nSPS) is 10.6. The Labute approximate surface area is 144 Å². The first-order valence-corrected chi connectivity index (χ1v) is 7.76. The summed E-state index contributed by atoms with van der Waals surface area (Å²) >= 11 is 0. The summed E-state index contributed by atoms with van der Waals surface area (Å²) in [7, 11) is 1.38. The number of rotatable bonds is 6. The maximum atomic E-state index is 12.5. The number of carboxylic acids is 1. The van der Waals surface area contributed by atoms with Gasteiger partial charge in [0.15, 0.2) is 0 Å². The molecule has 3 N–H and O–H groups in total. The van der Waals surface area contributed by atoms with E-state index in [9.17, 15) is 14.4 Å². The van der Waals surface area contributed by atoms with Gasteiger partial charge in [-0.15, -0.1) is 0 Å². The highest BCUT2D eigenvalue weighted by Crippen LogP contribution is 2.26. The van der Waals surface area contributed by atoms with Crippen LogP contribution < -0.4 is 15.6 Å². The molecule has 1 heterocycles. The second-order valence-electron chi connectivity index (χ2n) is 6.03. The minimum Gasteiger partial charge on any atom is -0.495 e. The van der Waals surface area contributed by atoms with Crippen molar-refractivity contribution in [3.05, 3.63) is 57.5 Å². The van der Waals surface area contributed by atoms with E-state index in [0.717, 1.165) is 0 Å². The zero-order valence-electron chi connectivity index (χ0n) is 14.3. The highest BCUT2D eigenvalue weighted by molar-refractivity contribution is 6.05. The second kappa shape index (κ2) is 7.65. The molecule has 1 aromatic heterocycles. The van der Waals surface area contributed by atoms with Crippen LogP contribution in [0.4, 0.5) is 5.69 Å². The number of benzene rings is 1. The fourth-order valence-corrected chi connectivity index (χ4v) is 2.40. The number of carboxylic acid groups (broad SMARTS) is 1. The van der Waals surface area contributed by atoms with Gasteiger partial charge in [0, 0.05) is 17.3 Å². The maximum absolute atomic E-state index is 12.5. The zero-order chi connectivity index (χ0) is 18.6. The van der Waals surface area contributed by atoms with Crippen LogP contribution in [0.15, 0.2) is 35.1 Å². The number of pyridine rings is 1. The quantitative estimate of drug-likeness (QED) is 0.746. The van der Waals surface area contributed by atoms with Crippen molar-refractivity contribution < 1.29 is 19.4 Å². The van der Waals surface area contributed by atoms with Crippen LogP contribution in [0.25, 0.3) is 0 Å². The van der Waals surface area contributed by atoms with Crippen LogP contribution >= 0.6 is 0 Å². The molecule has 132 valence electrons. The number of aromatic nitrogens is 1. The first-order valence-electron chi connectivity index (χ1n) is 7.76. The lowest BCUT2D eigenvalue weighted by Gasteiger charge is -2.12. The molecule has 0 aliphatic carbocycles. The SMILES string of the molecule is COc1cc(C(=O)O)ccc1NC(=O)c1cc(CC(C)C)[nH]c(=O)c1. The predicted molar refractivity (Wildman–Crippen MR) is 93.5 cm³/mol. The van der Waals surface area contributed by atoms with Gasteiger partial charge >= 0.3 is 5.97 Å². The van der Waals surface area contributed by atoms with Gasteiger partial charge in [-0.1, -0.05) is 13.8 Å². The third-order valence-corrected chi connectivity index (χ3v) is 3.49. The van der Waals surface area contributed by atoms with Crippen molar-refractivity contribution in [2.24, 2.45) is 5.92 Å². The molecule has 0 radical (unpaired) electrons. The third kappa shape index (κ3) is 4.69. The summed E-state index contributed by atoms with van der Waals surface area (Å²) < 4.78 is 5.13. The van der Waals surface area contributed by atoms with Crippen molar-refractivity contribution in [3.63, 3.8) is 0 Å². The number of methoxy groups -OCH3 is 1. The molecule has 25 heavy (non-hydrogen) atoms. The van der Waals surface area contributed by atoms with E-state index < -0.39 is 11.9 Å². The number of hydrogen-bond donors (Lipinski definition) is 3. The van der Waals surface area contributed by atoms with E-state index in [1.165, 1.54) is 31.4 Å². The molecule has 7 nitrogen and oxygen atoms in total. The lowest BCUT2D eigenvalue weighted by Crippen LogP contribution is -2.18. The molecule has 0 spiro atoms. The molecule has 2 rings (SSSR count). The summed E-state index contributed by atoms with van der Waals surface area (Å²) in [6.45, 7) is 4.03. The number of aromatic amines is 1. The molecule has 0 fully saturated rings. The van der Waals surface area contributed by atoms with E-state index >= 15 is 0 Å². The Kier molecular flexibility index (Phi) is 5.59. The number of ether oxygens (including phenoxy) is 1. The van der Waals surface area contributed by atoms with Gasteiger partial charge < -0.3 is 20.1 Å². The summed E-state index contributed by atoms with van der Waals surface area (Å²) in [6.07, 6.45) is 0.646. The van der Waals surface area contributed by atoms with Crippen molar-refractivity contribution in [1.82, 2.24) is 4.98 Å². The molecule has 0 aliphatic heterocycles. The molecule has 2 aromatic rings. The summed E-state index contributed by atoms with van der Waals surface area (Å²) in [6, 6.07) is 6.98. The van der Waals surface area contributed by atoms with Gasteiger partial charge in [0.05, 0.1) is 18.4 Å².